The molecule has 0 atom stereocenters. The Morgan fingerprint density at radius 3 is 2.31 bits per heavy atom. The van der Waals surface area contributed by atoms with Gasteiger partial charge in [0.1, 0.15) is 0 Å². The van der Waals surface area contributed by atoms with Gasteiger partial charge in [0.25, 0.3) is 0 Å². The van der Waals surface area contributed by atoms with Crippen molar-refractivity contribution < 1.29 is 4.79 Å². The van der Waals surface area contributed by atoms with Crippen LogP contribution in [0, 0.1) is 0 Å². The summed E-state index contributed by atoms with van der Waals surface area (Å²) in [6.45, 7) is 4.34. The van der Waals surface area contributed by atoms with Crippen molar-refractivity contribution in [3.05, 3.63) is 35.4 Å². The number of aryl methyl sites for hydroxylation is 1. The van der Waals surface area contributed by atoms with E-state index in [4.69, 9.17) is 5.84 Å². The number of carbonyl (C=O) groups excluding carboxylic acids is 1. The summed E-state index contributed by atoms with van der Waals surface area (Å²) in [5, 5.41) is 1.14. The Kier molecular flexibility index (Phi) is 4.50. The molecule has 1 amide bonds. The molecule has 0 aromatic heterocycles. The first kappa shape index (κ1) is 12.7. The van der Waals surface area contributed by atoms with Gasteiger partial charge in [-0.25, -0.2) is 5.84 Å². The second-order valence-electron chi connectivity index (χ2n) is 4.40. The maximum Gasteiger partial charge on any atom is 0.236 e. The number of rotatable bonds is 4. The number of amides is 1. The van der Waals surface area contributed by atoms with Gasteiger partial charge in [0.2, 0.25) is 5.91 Å². The number of nitrogens with two attached hydrogens (primary N) is 1. The standard InChI is InChI=1S/C13H20N2O/c1-10(2)12-7-4-11(5-8-12)6-9-13(16)15(3)14/h4-5,7-8,10H,6,9,14H2,1-3H3. The molecule has 0 radical (unpaired) electrons. The van der Waals surface area contributed by atoms with E-state index >= 15 is 0 Å². The average Bonchev–Trinajstić information content (AvgIpc) is 2.26. The normalized spacial score (nSPS) is 10.6. The summed E-state index contributed by atoms with van der Waals surface area (Å²) in [6, 6.07) is 8.41. The van der Waals surface area contributed by atoms with E-state index in [1.165, 1.54) is 11.1 Å². The van der Waals surface area contributed by atoms with Crippen LogP contribution in [0.15, 0.2) is 24.3 Å². The van der Waals surface area contributed by atoms with Crippen molar-refractivity contribution in [1.82, 2.24) is 5.01 Å². The fourth-order valence-electron chi connectivity index (χ4n) is 1.50. The van der Waals surface area contributed by atoms with Gasteiger partial charge in [-0.3, -0.25) is 9.80 Å². The van der Waals surface area contributed by atoms with E-state index in [0.29, 0.717) is 12.3 Å². The molecule has 0 unspecified atom stereocenters. The third kappa shape index (κ3) is 3.66. The van der Waals surface area contributed by atoms with Gasteiger partial charge in [-0.2, -0.15) is 0 Å². The second-order valence-corrected chi connectivity index (χ2v) is 4.40. The number of hydrogen-bond acceptors (Lipinski definition) is 2. The predicted octanol–water partition coefficient (Wildman–Crippen LogP) is 2.07. The zero-order valence-electron chi connectivity index (χ0n) is 10.2. The van der Waals surface area contributed by atoms with Gasteiger partial charge in [-0.15, -0.1) is 0 Å². The third-order valence-corrected chi connectivity index (χ3v) is 2.67. The van der Waals surface area contributed by atoms with Crippen molar-refractivity contribution in [2.24, 2.45) is 5.84 Å². The van der Waals surface area contributed by atoms with Gasteiger partial charge in [-0.05, 0) is 23.5 Å². The molecule has 1 aromatic carbocycles. The molecular formula is C13H20N2O. The van der Waals surface area contributed by atoms with Crippen LogP contribution in [-0.2, 0) is 11.2 Å². The molecule has 88 valence electrons. The molecule has 0 heterocycles. The Bertz CT molecular complexity index is 341. The van der Waals surface area contributed by atoms with E-state index in [0.717, 1.165) is 11.4 Å². The fourth-order valence-corrected chi connectivity index (χ4v) is 1.50. The van der Waals surface area contributed by atoms with Crippen LogP contribution in [0.4, 0.5) is 0 Å². The van der Waals surface area contributed by atoms with E-state index in [1.54, 1.807) is 7.05 Å². The zero-order chi connectivity index (χ0) is 12.1. The monoisotopic (exact) mass is 220 g/mol. The number of hydrazine groups is 1. The Morgan fingerprint density at radius 2 is 1.88 bits per heavy atom. The maximum atomic E-state index is 11.3. The molecule has 3 nitrogen and oxygen atoms in total. The molecule has 0 spiro atoms. The number of nitrogens with zero attached hydrogens (tertiary/aromatic N) is 1. The Labute approximate surface area is 97.2 Å². The molecule has 16 heavy (non-hydrogen) atoms. The van der Waals surface area contributed by atoms with Gasteiger partial charge < -0.3 is 0 Å². The molecule has 2 N–H and O–H groups in total. The summed E-state index contributed by atoms with van der Waals surface area (Å²) in [6.07, 6.45) is 1.22. The van der Waals surface area contributed by atoms with E-state index in [-0.39, 0.29) is 5.91 Å². The highest BCUT2D eigenvalue weighted by molar-refractivity contribution is 5.75. The number of benzene rings is 1. The molecule has 3 heteroatoms. The SMILES string of the molecule is CC(C)c1ccc(CCC(=O)N(C)N)cc1. The van der Waals surface area contributed by atoms with Crippen LogP contribution in [0.5, 0.6) is 0 Å². The minimum Gasteiger partial charge on any atom is -0.284 e. The largest absolute Gasteiger partial charge is 0.284 e. The molecule has 1 rings (SSSR count). The minimum atomic E-state index is -0.0343. The highest BCUT2D eigenvalue weighted by Crippen LogP contribution is 2.15. The van der Waals surface area contributed by atoms with Gasteiger partial charge in [0, 0.05) is 13.5 Å². The summed E-state index contributed by atoms with van der Waals surface area (Å²) in [7, 11) is 1.57. The Morgan fingerprint density at radius 1 is 1.31 bits per heavy atom. The topological polar surface area (TPSA) is 46.3 Å². The molecular weight excluding hydrogens is 200 g/mol. The smallest absolute Gasteiger partial charge is 0.236 e. The van der Waals surface area contributed by atoms with E-state index in [1.807, 2.05) is 0 Å². The van der Waals surface area contributed by atoms with Crippen LogP contribution in [0.3, 0.4) is 0 Å². The molecule has 0 aliphatic heterocycles. The third-order valence-electron chi connectivity index (χ3n) is 2.67. The van der Waals surface area contributed by atoms with Gasteiger partial charge in [0.15, 0.2) is 0 Å². The summed E-state index contributed by atoms with van der Waals surface area (Å²) in [4.78, 5) is 11.3. The number of hydrogen-bond donors (Lipinski definition) is 1. The quantitative estimate of drug-likeness (QED) is 0.479. The molecule has 0 saturated heterocycles. The predicted molar refractivity (Wildman–Crippen MR) is 65.8 cm³/mol. The molecule has 0 bridgehead atoms. The van der Waals surface area contributed by atoms with Gasteiger partial charge in [-0.1, -0.05) is 38.1 Å². The van der Waals surface area contributed by atoms with Crippen molar-refractivity contribution in [2.75, 3.05) is 7.05 Å². The highest BCUT2D eigenvalue weighted by Gasteiger charge is 2.05. The summed E-state index contributed by atoms with van der Waals surface area (Å²) in [5.74, 6) is 5.86. The van der Waals surface area contributed by atoms with Crippen molar-refractivity contribution in [1.29, 1.82) is 0 Å². The first-order valence-corrected chi connectivity index (χ1v) is 5.60. The van der Waals surface area contributed by atoms with Crippen LogP contribution in [-0.4, -0.2) is 18.0 Å². The van der Waals surface area contributed by atoms with Crippen molar-refractivity contribution in [3.63, 3.8) is 0 Å². The maximum absolute atomic E-state index is 11.3. The summed E-state index contributed by atoms with van der Waals surface area (Å²) in [5.41, 5.74) is 2.51. The van der Waals surface area contributed by atoms with Gasteiger partial charge in [0.05, 0.1) is 0 Å². The van der Waals surface area contributed by atoms with Crippen molar-refractivity contribution in [2.45, 2.75) is 32.6 Å². The van der Waals surface area contributed by atoms with Crippen molar-refractivity contribution in [3.8, 4) is 0 Å². The van der Waals surface area contributed by atoms with E-state index < -0.39 is 0 Å². The van der Waals surface area contributed by atoms with Gasteiger partial charge >= 0.3 is 0 Å². The van der Waals surface area contributed by atoms with E-state index in [9.17, 15) is 4.79 Å². The minimum absolute atomic E-state index is 0.0343. The van der Waals surface area contributed by atoms with Crippen LogP contribution in [0.2, 0.25) is 0 Å². The first-order chi connectivity index (χ1) is 7.50. The number of carbonyl (C=O) groups is 1. The lowest BCUT2D eigenvalue weighted by Gasteiger charge is -2.10. The fraction of sp³-hybridized carbons (Fsp3) is 0.462. The van der Waals surface area contributed by atoms with Crippen LogP contribution >= 0.6 is 0 Å². The molecule has 0 aliphatic carbocycles. The van der Waals surface area contributed by atoms with Crippen LogP contribution in [0.1, 0.15) is 37.3 Å². The lowest BCUT2D eigenvalue weighted by Crippen LogP contribution is -2.33. The lowest BCUT2D eigenvalue weighted by atomic mass is 10.0. The molecule has 1 aromatic rings. The molecule has 0 fully saturated rings. The summed E-state index contributed by atoms with van der Waals surface area (Å²) < 4.78 is 0. The second kappa shape index (κ2) is 5.66. The van der Waals surface area contributed by atoms with Crippen LogP contribution in [0.25, 0.3) is 0 Å². The zero-order valence-corrected chi connectivity index (χ0v) is 10.2. The first-order valence-electron chi connectivity index (χ1n) is 5.60. The Hall–Kier alpha value is -1.35. The van der Waals surface area contributed by atoms with Crippen LogP contribution < -0.4 is 5.84 Å². The molecule has 0 aliphatic rings. The Balaban J connectivity index is 2.53. The lowest BCUT2D eigenvalue weighted by molar-refractivity contribution is -0.130. The molecule has 0 saturated carbocycles. The summed E-state index contributed by atoms with van der Waals surface area (Å²) >= 11 is 0. The highest BCUT2D eigenvalue weighted by atomic mass is 16.2. The van der Waals surface area contributed by atoms with E-state index in [2.05, 4.69) is 38.1 Å². The van der Waals surface area contributed by atoms with Crippen molar-refractivity contribution >= 4 is 5.91 Å². The average molecular weight is 220 g/mol.